The zero-order valence-corrected chi connectivity index (χ0v) is 10.2. The normalized spacial score (nSPS) is 20.1. The highest BCUT2D eigenvalue weighted by Gasteiger charge is 2.23. The van der Waals surface area contributed by atoms with Crippen LogP contribution in [-0.2, 0) is 15.0 Å². The van der Waals surface area contributed by atoms with Crippen molar-refractivity contribution in [3.8, 4) is 0 Å². The van der Waals surface area contributed by atoms with E-state index in [-0.39, 0.29) is 13.0 Å². The van der Waals surface area contributed by atoms with Crippen LogP contribution in [0.4, 0.5) is 0 Å². The summed E-state index contributed by atoms with van der Waals surface area (Å²) in [5.74, 6) is -1.13. The standard InChI is InChI=1S/C8H18N4O4S/c9-7(8(13)14)1-2-11-17(15,16)12-5-3-10-4-6-12/h7,10-11H,1-6,9H2,(H,13,14). The maximum atomic E-state index is 11.7. The Hall–Kier alpha value is -0.740. The van der Waals surface area contributed by atoms with Gasteiger partial charge in [0.1, 0.15) is 6.04 Å². The summed E-state index contributed by atoms with van der Waals surface area (Å²) in [5.41, 5.74) is 5.27. The second-order valence-corrected chi connectivity index (χ2v) is 5.54. The molecule has 1 fully saturated rings. The lowest BCUT2D eigenvalue weighted by Gasteiger charge is -2.26. The van der Waals surface area contributed by atoms with Gasteiger partial charge in [0, 0.05) is 32.7 Å². The van der Waals surface area contributed by atoms with Crippen LogP contribution in [0.1, 0.15) is 6.42 Å². The molecule has 0 aromatic heterocycles. The first kappa shape index (κ1) is 14.3. The highest BCUT2D eigenvalue weighted by atomic mass is 32.2. The molecular formula is C8H18N4O4S. The average molecular weight is 266 g/mol. The number of aliphatic carboxylic acids is 1. The lowest BCUT2D eigenvalue weighted by atomic mass is 10.2. The molecule has 1 rings (SSSR count). The first-order chi connectivity index (χ1) is 7.93. The number of hydrogen-bond donors (Lipinski definition) is 4. The predicted molar refractivity (Wildman–Crippen MR) is 61.6 cm³/mol. The van der Waals surface area contributed by atoms with E-state index in [9.17, 15) is 13.2 Å². The van der Waals surface area contributed by atoms with Gasteiger partial charge >= 0.3 is 5.97 Å². The molecule has 8 nitrogen and oxygen atoms in total. The van der Waals surface area contributed by atoms with Crippen molar-refractivity contribution in [3.05, 3.63) is 0 Å². The number of hydrogen-bond acceptors (Lipinski definition) is 5. The smallest absolute Gasteiger partial charge is 0.320 e. The van der Waals surface area contributed by atoms with Gasteiger partial charge in [0.2, 0.25) is 0 Å². The van der Waals surface area contributed by atoms with E-state index < -0.39 is 22.2 Å². The number of nitrogens with two attached hydrogens (primary N) is 1. The molecule has 1 aliphatic heterocycles. The highest BCUT2D eigenvalue weighted by Crippen LogP contribution is 2.00. The molecule has 100 valence electrons. The van der Waals surface area contributed by atoms with Gasteiger partial charge < -0.3 is 16.2 Å². The molecule has 1 saturated heterocycles. The Morgan fingerprint density at radius 3 is 2.59 bits per heavy atom. The summed E-state index contributed by atoms with van der Waals surface area (Å²) in [6.07, 6.45) is 0.0701. The van der Waals surface area contributed by atoms with Crippen LogP contribution >= 0.6 is 0 Å². The Labute approximate surface area is 100 Å². The van der Waals surface area contributed by atoms with E-state index >= 15 is 0 Å². The fourth-order valence-electron chi connectivity index (χ4n) is 1.44. The maximum Gasteiger partial charge on any atom is 0.320 e. The van der Waals surface area contributed by atoms with Crippen LogP contribution in [0.2, 0.25) is 0 Å². The third kappa shape index (κ3) is 4.56. The summed E-state index contributed by atoms with van der Waals surface area (Å²) in [6.45, 7) is 2.10. The van der Waals surface area contributed by atoms with Gasteiger partial charge in [-0.15, -0.1) is 0 Å². The number of rotatable bonds is 6. The quantitative estimate of drug-likeness (QED) is 0.422. The summed E-state index contributed by atoms with van der Waals surface area (Å²) in [6, 6.07) is -1.04. The van der Waals surface area contributed by atoms with E-state index in [1.165, 1.54) is 4.31 Å². The Balaban J connectivity index is 2.36. The van der Waals surface area contributed by atoms with E-state index in [4.69, 9.17) is 10.8 Å². The molecule has 1 unspecified atom stereocenters. The zero-order chi connectivity index (χ0) is 12.9. The van der Waals surface area contributed by atoms with Gasteiger partial charge in [-0.05, 0) is 6.42 Å². The third-order valence-corrected chi connectivity index (χ3v) is 4.09. The van der Waals surface area contributed by atoms with Crippen LogP contribution in [0.5, 0.6) is 0 Å². The molecule has 9 heteroatoms. The van der Waals surface area contributed by atoms with Crippen LogP contribution in [0, 0.1) is 0 Å². The minimum atomic E-state index is -3.51. The minimum absolute atomic E-state index is 0.0275. The number of carbonyl (C=O) groups is 1. The number of nitrogens with zero attached hydrogens (tertiary/aromatic N) is 1. The van der Waals surface area contributed by atoms with Crippen LogP contribution in [-0.4, -0.2) is 62.6 Å². The molecule has 1 aliphatic rings. The lowest BCUT2D eigenvalue weighted by Crippen LogP contribution is -2.51. The van der Waals surface area contributed by atoms with Crippen molar-refractivity contribution in [3.63, 3.8) is 0 Å². The van der Waals surface area contributed by atoms with E-state index in [2.05, 4.69) is 10.0 Å². The Kier molecular flexibility index (Phi) is 5.28. The molecule has 0 aliphatic carbocycles. The van der Waals surface area contributed by atoms with Crippen molar-refractivity contribution in [2.75, 3.05) is 32.7 Å². The van der Waals surface area contributed by atoms with Gasteiger partial charge in [-0.1, -0.05) is 0 Å². The van der Waals surface area contributed by atoms with Gasteiger partial charge in [-0.25, -0.2) is 4.72 Å². The van der Waals surface area contributed by atoms with Gasteiger partial charge in [-0.2, -0.15) is 12.7 Å². The summed E-state index contributed by atoms with van der Waals surface area (Å²) >= 11 is 0. The molecule has 0 spiro atoms. The number of carboxylic acid groups (broad SMARTS) is 1. The van der Waals surface area contributed by atoms with Crippen LogP contribution in [0.25, 0.3) is 0 Å². The van der Waals surface area contributed by atoms with Gasteiger partial charge in [-0.3, -0.25) is 4.79 Å². The van der Waals surface area contributed by atoms with Gasteiger partial charge in [0.15, 0.2) is 0 Å². The molecule has 0 bridgehead atoms. The molecular weight excluding hydrogens is 248 g/mol. The molecule has 1 atom stereocenters. The molecule has 0 aromatic carbocycles. The van der Waals surface area contributed by atoms with E-state index in [1.54, 1.807) is 0 Å². The first-order valence-corrected chi connectivity index (χ1v) is 6.81. The zero-order valence-electron chi connectivity index (χ0n) is 9.42. The van der Waals surface area contributed by atoms with Crippen LogP contribution in [0.3, 0.4) is 0 Å². The lowest BCUT2D eigenvalue weighted by molar-refractivity contribution is -0.138. The molecule has 5 N–H and O–H groups in total. The molecule has 0 amide bonds. The van der Waals surface area contributed by atoms with E-state index in [1.807, 2.05) is 0 Å². The van der Waals surface area contributed by atoms with E-state index in [0.717, 1.165) is 0 Å². The fraction of sp³-hybridized carbons (Fsp3) is 0.875. The monoisotopic (exact) mass is 266 g/mol. The average Bonchev–Trinajstić information content (AvgIpc) is 2.29. The Morgan fingerprint density at radius 1 is 1.47 bits per heavy atom. The van der Waals surface area contributed by atoms with Crippen molar-refractivity contribution in [1.82, 2.24) is 14.3 Å². The Morgan fingerprint density at radius 2 is 2.06 bits per heavy atom. The van der Waals surface area contributed by atoms with E-state index in [0.29, 0.717) is 26.2 Å². The number of piperazine rings is 1. The van der Waals surface area contributed by atoms with Gasteiger partial charge in [0.25, 0.3) is 10.2 Å². The summed E-state index contributed by atoms with van der Waals surface area (Å²) in [7, 11) is -3.51. The van der Waals surface area contributed by atoms with Crippen molar-refractivity contribution >= 4 is 16.2 Å². The highest BCUT2D eigenvalue weighted by molar-refractivity contribution is 7.87. The summed E-state index contributed by atoms with van der Waals surface area (Å²) < 4.78 is 27.1. The third-order valence-electron chi connectivity index (χ3n) is 2.47. The SMILES string of the molecule is NC(CCNS(=O)(=O)N1CCNCC1)C(=O)O. The largest absolute Gasteiger partial charge is 0.480 e. The number of carboxylic acids is 1. The second-order valence-electron chi connectivity index (χ2n) is 3.78. The fourth-order valence-corrected chi connectivity index (χ4v) is 2.66. The molecule has 0 aromatic rings. The van der Waals surface area contributed by atoms with Crippen LogP contribution < -0.4 is 15.8 Å². The topological polar surface area (TPSA) is 125 Å². The first-order valence-electron chi connectivity index (χ1n) is 5.37. The predicted octanol–water partition coefficient (Wildman–Crippen LogP) is -2.47. The van der Waals surface area contributed by atoms with Crippen molar-refractivity contribution in [2.45, 2.75) is 12.5 Å². The molecule has 0 radical (unpaired) electrons. The molecule has 0 saturated carbocycles. The number of nitrogens with one attached hydrogen (secondary N) is 2. The van der Waals surface area contributed by atoms with Crippen molar-refractivity contribution < 1.29 is 18.3 Å². The van der Waals surface area contributed by atoms with Crippen LogP contribution in [0.15, 0.2) is 0 Å². The Bertz CT molecular complexity index is 353. The minimum Gasteiger partial charge on any atom is -0.480 e. The second kappa shape index (κ2) is 6.26. The van der Waals surface area contributed by atoms with Crippen molar-refractivity contribution in [1.29, 1.82) is 0 Å². The van der Waals surface area contributed by atoms with Gasteiger partial charge in [0.05, 0.1) is 0 Å². The molecule has 1 heterocycles. The van der Waals surface area contributed by atoms with Crippen molar-refractivity contribution in [2.24, 2.45) is 5.73 Å². The summed E-state index contributed by atoms with van der Waals surface area (Å²) in [4.78, 5) is 10.4. The summed E-state index contributed by atoms with van der Waals surface area (Å²) in [5, 5.41) is 11.6. The molecule has 17 heavy (non-hydrogen) atoms. The maximum absolute atomic E-state index is 11.7.